The van der Waals surface area contributed by atoms with Crippen LogP contribution in [0.15, 0.2) is 34.8 Å². The van der Waals surface area contributed by atoms with E-state index in [4.69, 9.17) is 4.74 Å². The van der Waals surface area contributed by atoms with Crippen LogP contribution in [0.3, 0.4) is 0 Å². The number of nitrogens with one attached hydrogen (secondary N) is 1. The third kappa shape index (κ3) is 4.36. The summed E-state index contributed by atoms with van der Waals surface area (Å²) in [5.41, 5.74) is 5.93. The number of nitriles is 1. The molecule has 3 aromatic rings. The molecule has 2 fully saturated rings. The average molecular weight is 547 g/mol. The second-order valence-electron chi connectivity index (χ2n) is 10.2. The first-order valence-corrected chi connectivity index (χ1v) is 13.9. The molecule has 0 aliphatic carbocycles. The van der Waals surface area contributed by atoms with Gasteiger partial charge in [-0.25, -0.2) is 0 Å². The average Bonchev–Trinajstić information content (AvgIpc) is 3.56. The fourth-order valence-corrected chi connectivity index (χ4v) is 6.80. The number of hydrogen-bond acceptors (Lipinski definition) is 5. The number of aromatic amines is 1. The normalized spacial score (nSPS) is 19.8. The first-order valence-electron chi connectivity index (χ1n) is 13.1. The van der Waals surface area contributed by atoms with Crippen LogP contribution >= 0.6 is 15.9 Å². The van der Waals surface area contributed by atoms with Crippen molar-refractivity contribution < 1.29 is 9.53 Å². The number of anilines is 1. The molecule has 2 aromatic carbocycles. The van der Waals surface area contributed by atoms with Crippen LogP contribution in [0.4, 0.5) is 5.69 Å². The molecular formula is C29H31BrN4O2. The SMILES string of the molecule is N#Cc1ccc2c3c([nH]c2c1)CCOCCc1cc(N2CCC(N4CCCC4)CC2)c(Br)cc1C3=O. The number of likely N-dealkylation sites (tertiary alicyclic amines) is 1. The lowest BCUT2D eigenvalue weighted by Crippen LogP contribution is -2.44. The summed E-state index contributed by atoms with van der Waals surface area (Å²) in [6.07, 6.45) is 6.40. The molecule has 0 spiro atoms. The Labute approximate surface area is 220 Å². The fourth-order valence-electron chi connectivity index (χ4n) is 6.21. The van der Waals surface area contributed by atoms with Crippen molar-refractivity contribution >= 4 is 38.3 Å². The van der Waals surface area contributed by atoms with Crippen molar-refractivity contribution in [3.05, 3.63) is 62.8 Å². The smallest absolute Gasteiger partial charge is 0.195 e. The van der Waals surface area contributed by atoms with Crippen LogP contribution in [0.5, 0.6) is 0 Å². The number of fused-ring (bicyclic) bond motifs is 4. The minimum atomic E-state index is 0.0397. The van der Waals surface area contributed by atoms with Crippen molar-refractivity contribution in [3.8, 4) is 6.07 Å². The predicted molar refractivity (Wildman–Crippen MR) is 145 cm³/mol. The Bertz CT molecular complexity index is 1340. The summed E-state index contributed by atoms with van der Waals surface area (Å²) < 4.78 is 6.94. The molecule has 4 heterocycles. The van der Waals surface area contributed by atoms with Gasteiger partial charge in [0.15, 0.2) is 5.78 Å². The van der Waals surface area contributed by atoms with Gasteiger partial charge in [0, 0.05) is 52.2 Å². The van der Waals surface area contributed by atoms with Gasteiger partial charge < -0.3 is 19.5 Å². The summed E-state index contributed by atoms with van der Waals surface area (Å²) in [5, 5.41) is 10.2. The van der Waals surface area contributed by atoms with Crippen molar-refractivity contribution in [1.82, 2.24) is 9.88 Å². The van der Waals surface area contributed by atoms with Crippen molar-refractivity contribution in [3.63, 3.8) is 0 Å². The molecule has 6 nitrogen and oxygen atoms in total. The minimum Gasteiger partial charge on any atom is -0.381 e. The molecule has 0 unspecified atom stereocenters. The first kappa shape index (κ1) is 23.7. The molecule has 1 N–H and O–H groups in total. The van der Waals surface area contributed by atoms with Crippen LogP contribution in [-0.2, 0) is 17.6 Å². The lowest BCUT2D eigenvalue weighted by Gasteiger charge is -2.38. The zero-order valence-corrected chi connectivity index (χ0v) is 22.1. The summed E-state index contributed by atoms with van der Waals surface area (Å²) in [7, 11) is 0. The number of ketones is 1. The molecule has 0 saturated carbocycles. The molecule has 186 valence electrons. The van der Waals surface area contributed by atoms with Crippen LogP contribution in [0.25, 0.3) is 10.9 Å². The lowest BCUT2D eigenvalue weighted by atomic mass is 9.92. The topological polar surface area (TPSA) is 72.4 Å². The van der Waals surface area contributed by atoms with E-state index in [2.05, 4.69) is 42.8 Å². The van der Waals surface area contributed by atoms with Gasteiger partial charge in [-0.15, -0.1) is 0 Å². The Kier molecular flexibility index (Phi) is 6.59. The van der Waals surface area contributed by atoms with E-state index in [-0.39, 0.29) is 5.78 Å². The van der Waals surface area contributed by atoms with Gasteiger partial charge in [-0.2, -0.15) is 5.26 Å². The van der Waals surface area contributed by atoms with E-state index in [1.807, 2.05) is 18.2 Å². The van der Waals surface area contributed by atoms with Crippen molar-refractivity contribution in [2.24, 2.45) is 0 Å². The molecule has 1 aromatic heterocycles. The highest BCUT2D eigenvalue weighted by Crippen LogP contribution is 2.36. The second-order valence-corrected chi connectivity index (χ2v) is 11.1. The number of benzene rings is 2. The largest absolute Gasteiger partial charge is 0.381 e. The summed E-state index contributed by atoms with van der Waals surface area (Å²) >= 11 is 3.82. The Balaban J connectivity index is 1.34. The Morgan fingerprint density at radius 2 is 1.81 bits per heavy atom. The quantitative estimate of drug-likeness (QED) is 0.477. The molecule has 36 heavy (non-hydrogen) atoms. The highest BCUT2D eigenvalue weighted by atomic mass is 79.9. The maximum Gasteiger partial charge on any atom is 0.195 e. The number of halogens is 1. The Hall–Kier alpha value is -2.66. The first-order chi connectivity index (χ1) is 17.6. The highest BCUT2D eigenvalue weighted by molar-refractivity contribution is 9.10. The van der Waals surface area contributed by atoms with Gasteiger partial charge in [0.25, 0.3) is 0 Å². The maximum absolute atomic E-state index is 14.0. The molecule has 3 aliphatic rings. The second kappa shape index (κ2) is 10.0. The number of nitrogens with zero attached hydrogens (tertiary/aromatic N) is 3. The number of aromatic nitrogens is 1. The molecule has 0 bridgehead atoms. The van der Waals surface area contributed by atoms with E-state index in [1.165, 1.54) is 44.5 Å². The van der Waals surface area contributed by atoms with Crippen LogP contribution in [0.1, 0.15) is 58.4 Å². The van der Waals surface area contributed by atoms with Crippen LogP contribution < -0.4 is 4.90 Å². The number of H-pyrrole nitrogens is 1. The maximum atomic E-state index is 14.0. The molecule has 0 radical (unpaired) electrons. The van der Waals surface area contributed by atoms with Gasteiger partial charge in [0.05, 0.1) is 36.1 Å². The molecule has 6 rings (SSSR count). The zero-order valence-electron chi connectivity index (χ0n) is 20.5. The predicted octanol–water partition coefficient (Wildman–Crippen LogP) is 5.21. The van der Waals surface area contributed by atoms with Gasteiger partial charge in [-0.3, -0.25) is 4.79 Å². The van der Waals surface area contributed by atoms with Crippen LogP contribution in [-0.4, -0.2) is 61.1 Å². The summed E-state index contributed by atoms with van der Waals surface area (Å²) in [5.74, 6) is 0.0397. The van der Waals surface area contributed by atoms with Gasteiger partial charge in [-0.05, 0) is 91.0 Å². The molecule has 0 atom stereocenters. The van der Waals surface area contributed by atoms with Crippen molar-refractivity contribution in [1.29, 1.82) is 5.26 Å². The lowest BCUT2D eigenvalue weighted by molar-refractivity contribution is 0.103. The minimum absolute atomic E-state index is 0.0397. The third-order valence-corrected chi connectivity index (χ3v) is 8.76. The zero-order chi connectivity index (χ0) is 24.6. The van der Waals surface area contributed by atoms with E-state index in [0.29, 0.717) is 43.2 Å². The number of ether oxygens (including phenoxy) is 1. The molecule has 7 heteroatoms. The van der Waals surface area contributed by atoms with E-state index in [1.54, 1.807) is 6.07 Å². The number of carbonyl (C=O) groups excluding carboxylic acids is 1. The number of hydrogen-bond donors (Lipinski definition) is 1. The van der Waals surface area contributed by atoms with E-state index in [9.17, 15) is 10.1 Å². The van der Waals surface area contributed by atoms with Gasteiger partial charge in [0.1, 0.15) is 0 Å². The summed E-state index contributed by atoms with van der Waals surface area (Å²) in [6, 6.07) is 12.6. The molecule has 3 aliphatic heterocycles. The van der Waals surface area contributed by atoms with Crippen LogP contribution in [0, 0.1) is 11.3 Å². The van der Waals surface area contributed by atoms with Crippen molar-refractivity contribution in [2.45, 2.75) is 44.6 Å². The number of carbonyl (C=O) groups is 1. The molecular weight excluding hydrogens is 516 g/mol. The Morgan fingerprint density at radius 1 is 1.03 bits per heavy atom. The van der Waals surface area contributed by atoms with Gasteiger partial charge in [0.2, 0.25) is 0 Å². The molecule has 2 saturated heterocycles. The third-order valence-electron chi connectivity index (χ3n) is 8.12. The summed E-state index contributed by atoms with van der Waals surface area (Å²) in [4.78, 5) is 22.6. The van der Waals surface area contributed by atoms with Crippen molar-refractivity contribution in [2.75, 3.05) is 44.3 Å². The van der Waals surface area contributed by atoms with Gasteiger partial charge >= 0.3 is 0 Å². The Morgan fingerprint density at radius 3 is 2.58 bits per heavy atom. The standard InChI is InChI=1S/C29H31BrN4O2/c30-24-17-23-20(16-27(24)34-11-5-21(6-12-34)33-9-1-2-10-33)7-13-36-14-8-25-28(29(23)35)22-4-3-19(18-31)15-26(22)32-25/h3-4,15-17,21,32H,1-2,5-14H2. The monoisotopic (exact) mass is 546 g/mol. The fraction of sp³-hybridized carbons (Fsp3) is 0.448. The highest BCUT2D eigenvalue weighted by Gasteiger charge is 2.29. The van der Waals surface area contributed by atoms with Gasteiger partial charge in [-0.1, -0.05) is 6.07 Å². The van der Waals surface area contributed by atoms with E-state index in [0.717, 1.165) is 45.3 Å². The number of piperidine rings is 1. The summed E-state index contributed by atoms with van der Waals surface area (Å²) in [6.45, 7) is 5.73. The van der Waals surface area contributed by atoms with E-state index >= 15 is 0 Å². The van der Waals surface area contributed by atoms with Crippen LogP contribution in [0.2, 0.25) is 0 Å². The van der Waals surface area contributed by atoms with E-state index < -0.39 is 0 Å². The number of rotatable bonds is 2. The molecule has 0 amide bonds.